The Labute approximate surface area is 180 Å². The van der Waals surface area contributed by atoms with Crippen molar-refractivity contribution in [2.24, 2.45) is 0 Å². The van der Waals surface area contributed by atoms with Gasteiger partial charge in [-0.05, 0) is 48.6 Å². The summed E-state index contributed by atoms with van der Waals surface area (Å²) < 4.78 is 1.83. The van der Waals surface area contributed by atoms with E-state index < -0.39 is 0 Å². The maximum atomic E-state index is 10.5. The normalized spacial score (nSPS) is 19.8. The van der Waals surface area contributed by atoms with Gasteiger partial charge >= 0.3 is 0 Å². The lowest BCUT2D eigenvalue weighted by atomic mass is 9.88. The Morgan fingerprint density at radius 3 is 2.77 bits per heavy atom. The molecule has 1 aromatic heterocycles. The van der Waals surface area contributed by atoms with Crippen molar-refractivity contribution >= 4 is 18.3 Å². The molecule has 2 unspecified atom stereocenters. The van der Waals surface area contributed by atoms with E-state index in [-0.39, 0.29) is 11.5 Å². The van der Waals surface area contributed by atoms with E-state index in [4.69, 9.17) is 0 Å². The summed E-state index contributed by atoms with van der Waals surface area (Å²) in [7, 11) is 2.15. The maximum Gasteiger partial charge on any atom is 0.193 e. The first-order valence-corrected chi connectivity index (χ1v) is 10.7. The monoisotopic (exact) mass is 420 g/mol. The number of aromatic hydroxyl groups is 2. The molecule has 30 heavy (non-hydrogen) atoms. The number of phenols is 2. The molecule has 2 atom stereocenters. The molecule has 154 valence electrons. The van der Waals surface area contributed by atoms with Gasteiger partial charge in [0.1, 0.15) is 11.5 Å². The van der Waals surface area contributed by atoms with E-state index in [2.05, 4.69) is 65.1 Å². The molecule has 2 heterocycles. The summed E-state index contributed by atoms with van der Waals surface area (Å²) in [5.41, 5.74) is 4.67. The lowest BCUT2D eigenvalue weighted by Crippen LogP contribution is -2.31. The van der Waals surface area contributed by atoms with Gasteiger partial charge in [-0.15, -0.1) is 22.8 Å². The highest BCUT2D eigenvalue weighted by Crippen LogP contribution is 2.46. The molecule has 0 radical (unpaired) electrons. The molecule has 1 aliphatic heterocycles. The molecule has 0 fully saturated rings. The number of likely N-dealkylation sites (N-methyl/N-ethyl adjacent to an activating group) is 1. The molecule has 5 rings (SSSR count). The molecule has 0 bridgehead atoms. The third-order valence-corrected chi connectivity index (χ3v) is 6.65. The minimum absolute atomic E-state index is 0.0406. The van der Waals surface area contributed by atoms with Crippen LogP contribution in [0.25, 0.3) is 17.1 Å². The summed E-state index contributed by atoms with van der Waals surface area (Å²) >= 11 is 4.53. The van der Waals surface area contributed by atoms with Crippen LogP contribution in [-0.4, -0.2) is 38.1 Å². The number of rotatable bonds is 3. The lowest BCUT2D eigenvalue weighted by molar-refractivity contribution is 0.447. The summed E-state index contributed by atoms with van der Waals surface area (Å²) in [6, 6.07) is 9.99. The van der Waals surface area contributed by atoms with Gasteiger partial charge in [0, 0.05) is 30.8 Å². The van der Waals surface area contributed by atoms with Gasteiger partial charge in [-0.2, -0.15) is 0 Å². The predicted molar refractivity (Wildman–Crippen MR) is 120 cm³/mol. The number of aryl methyl sites for hydroxylation is 1. The molecule has 2 N–H and O–H groups in total. The molecule has 0 saturated carbocycles. The van der Waals surface area contributed by atoms with Gasteiger partial charge in [-0.1, -0.05) is 25.1 Å². The number of phenolic OH excluding ortho intramolecular Hbond substituents is 2. The van der Waals surface area contributed by atoms with E-state index in [1.807, 2.05) is 11.5 Å². The lowest BCUT2D eigenvalue weighted by Gasteiger charge is -2.27. The Kier molecular flexibility index (Phi) is 4.50. The van der Waals surface area contributed by atoms with Gasteiger partial charge in [0.2, 0.25) is 0 Å². The van der Waals surface area contributed by atoms with Crippen LogP contribution in [-0.2, 0) is 6.42 Å². The van der Waals surface area contributed by atoms with Crippen molar-refractivity contribution in [2.75, 3.05) is 11.9 Å². The fourth-order valence-electron chi connectivity index (χ4n) is 4.77. The second kappa shape index (κ2) is 7.09. The zero-order valence-electron chi connectivity index (χ0n) is 16.9. The number of benzene rings is 2. The summed E-state index contributed by atoms with van der Waals surface area (Å²) in [5.74, 6) is 0.953. The number of allylic oxidation sites excluding steroid dienone is 1. The number of nitrogens with zero attached hydrogens (tertiary/aromatic N) is 4. The highest BCUT2D eigenvalue weighted by molar-refractivity contribution is 7.80. The number of aromatic nitrogens is 3. The van der Waals surface area contributed by atoms with Crippen molar-refractivity contribution in [3.05, 3.63) is 53.6 Å². The van der Waals surface area contributed by atoms with Crippen molar-refractivity contribution < 1.29 is 10.2 Å². The molecule has 2 aromatic carbocycles. The standard InChI is InChI=1S/C23H24N4O2S/c1-3-13-10-17(21(29)12-20(13)28)22-24-25-23(30)27(22)14-8-9-16-15-6-4-5-7-18(15)26(2)19(16)11-14/h4,6,8-12,15,18,28-29H,3,5,7H2,1-2H3,(H,25,30). The molecule has 0 saturated heterocycles. The van der Waals surface area contributed by atoms with Crippen molar-refractivity contribution in [1.29, 1.82) is 0 Å². The zero-order chi connectivity index (χ0) is 21.0. The van der Waals surface area contributed by atoms with Gasteiger partial charge in [0.05, 0.1) is 11.3 Å². The topological polar surface area (TPSA) is 74.4 Å². The van der Waals surface area contributed by atoms with Crippen molar-refractivity contribution in [2.45, 2.75) is 43.3 Å². The second-order valence-electron chi connectivity index (χ2n) is 7.96. The first-order chi connectivity index (χ1) is 14.5. The minimum Gasteiger partial charge on any atom is -0.508 e. The predicted octanol–water partition coefficient (Wildman–Crippen LogP) is 4.45. The number of hydrogen-bond acceptors (Lipinski definition) is 6. The largest absolute Gasteiger partial charge is 0.508 e. The van der Waals surface area contributed by atoms with Crippen molar-refractivity contribution in [1.82, 2.24) is 14.8 Å². The van der Waals surface area contributed by atoms with E-state index in [1.165, 1.54) is 17.3 Å². The van der Waals surface area contributed by atoms with Gasteiger partial charge in [-0.3, -0.25) is 4.57 Å². The summed E-state index contributed by atoms with van der Waals surface area (Å²) in [6.45, 7) is 1.95. The number of hydrogen-bond donors (Lipinski definition) is 3. The molecular formula is C23H24N4O2S. The van der Waals surface area contributed by atoms with E-state index >= 15 is 0 Å². The third-order valence-electron chi connectivity index (χ3n) is 6.36. The number of fused-ring (bicyclic) bond motifs is 3. The first-order valence-electron chi connectivity index (χ1n) is 10.2. The molecule has 3 aromatic rings. The Bertz CT molecular complexity index is 1170. The van der Waals surface area contributed by atoms with Gasteiger partial charge in [0.25, 0.3) is 0 Å². The molecule has 1 aliphatic carbocycles. The van der Waals surface area contributed by atoms with E-state index in [1.54, 1.807) is 6.07 Å². The Morgan fingerprint density at radius 2 is 1.97 bits per heavy atom. The number of anilines is 1. The highest BCUT2D eigenvalue weighted by atomic mass is 32.1. The molecular weight excluding hydrogens is 396 g/mol. The second-order valence-corrected chi connectivity index (χ2v) is 8.36. The SMILES string of the molecule is CCc1cc(-c2nnc(S)n2-c2ccc3c(c2)N(C)C2CCC=CC32)c(O)cc1O. The van der Waals surface area contributed by atoms with Gasteiger partial charge in [-0.25, -0.2) is 0 Å². The fourth-order valence-corrected chi connectivity index (χ4v) is 5.03. The first kappa shape index (κ1) is 19.1. The van der Waals surface area contributed by atoms with E-state index in [0.29, 0.717) is 34.9 Å². The Balaban J connectivity index is 1.64. The summed E-state index contributed by atoms with van der Waals surface area (Å²) in [4.78, 5) is 2.36. The van der Waals surface area contributed by atoms with Crippen LogP contribution >= 0.6 is 12.6 Å². The smallest absolute Gasteiger partial charge is 0.193 e. The van der Waals surface area contributed by atoms with Crippen LogP contribution in [0.15, 0.2) is 47.6 Å². The van der Waals surface area contributed by atoms with Gasteiger partial charge < -0.3 is 15.1 Å². The van der Waals surface area contributed by atoms with Crippen LogP contribution in [0.4, 0.5) is 5.69 Å². The van der Waals surface area contributed by atoms with Gasteiger partial charge in [0.15, 0.2) is 11.0 Å². The van der Waals surface area contributed by atoms with Crippen LogP contribution in [0, 0.1) is 0 Å². The molecule has 2 aliphatic rings. The Hall–Kier alpha value is -2.93. The van der Waals surface area contributed by atoms with Crippen LogP contribution in [0.2, 0.25) is 0 Å². The van der Waals surface area contributed by atoms with Crippen LogP contribution in [0.1, 0.15) is 36.8 Å². The van der Waals surface area contributed by atoms with Crippen LogP contribution in [0.5, 0.6) is 11.5 Å². The van der Waals surface area contributed by atoms with Crippen molar-refractivity contribution in [3.63, 3.8) is 0 Å². The number of thiol groups is 1. The van der Waals surface area contributed by atoms with E-state index in [0.717, 1.165) is 24.1 Å². The average Bonchev–Trinajstić information content (AvgIpc) is 3.26. The quantitative estimate of drug-likeness (QED) is 0.431. The van der Waals surface area contributed by atoms with Crippen LogP contribution < -0.4 is 4.90 Å². The zero-order valence-corrected chi connectivity index (χ0v) is 17.8. The molecule has 7 heteroatoms. The molecule has 0 amide bonds. The molecule has 0 spiro atoms. The average molecular weight is 421 g/mol. The Morgan fingerprint density at radius 1 is 1.13 bits per heavy atom. The van der Waals surface area contributed by atoms with E-state index in [9.17, 15) is 10.2 Å². The fraction of sp³-hybridized carbons (Fsp3) is 0.304. The minimum atomic E-state index is -0.0406. The maximum absolute atomic E-state index is 10.5. The van der Waals surface area contributed by atoms with Crippen molar-refractivity contribution in [3.8, 4) is 28.6 Å². The molecule has 6 nitrogen and oxygen atoms in total. The highest BCUT2D eigenvalue weighted by Gasteiger charge is 2.36. The summed E-state index contributed by atoms with van der Waals surface area (Å²) in [5, 5.41) is 29.4. The summed E-state index contributed by atoms with van der Waals surface area (Å²) in [6.07, 6.45) is 7.51. The van der Waals surface area contributed by atoms with Crippen LogP contribution in [0.3, 0.4) is 0 Å². The third kappa shape index (κ3) is 2.80.